The summed E-state index contributed by atoms with van der Waals surface area (Å²) < 4.78 is 0. The van der Waals surface area contributed by atoms with Crippen LogP contribution in [0.15, 0.2) is 24.3 Å². The number of nitrogens with zero attached hydrogens (tertiary/aromatic N) is 1. The van der Waals surface area contributed by atoms with Gasteiger partial charge in [0.25, 0.3) is 0 Å². The Morgan fingerprint density at radius 3 is 2.82 bits per heavy atom. The largest absolute Gasteiger partial charge is 0.481 e. The number of carbonyl (C=O) groups excluding carboxylic acids is 1. The zero-order valence-electron chi connectivity index (χ0n) is 9.17. The van der Waals surface area contributed by atoms with Gasteiger partial charge in [-0.1, -0.05) is 12.1 Å². The fourth-order valence-corrected chi connectivity index (χ4v) is 1.95. The molecule has 0 aromatic heterocycles. The smallest absolute Gasteiger partial charge is 0.308 e. The van der Waals surface area contributed by atoms with Crippen LogP contribution in [0.3, 0.4) is 0 Å². The summed E-state index contributed by atoms with van der Waals surface area (Å²) in [7, 11) is 0. The van der Waals surface area contributed by atoms with Crippen LogP contribution in [0.1, 0.15) is 12.0 Å². The van der Waals surface area contributed by atoms with Crippen LogP contribution >= 0.6 is 0 Å². The van der Waals surface area contributed by atoms with E-state index < -0.39 is 11.9 Å². The van der Waals surface area contributed by atoms with Crippen molar-refractivity contribution in [2.75, 3.05) is 11.4 Å². The molecule has 1 aliphatic heterocycles. The van der Waals surface area contributed by atoms with E-state index in [1.54, 1.807) is 24.3 Å². The third-order valence-electron chi connectivity index (χ3n) is 2.88. The van der Waals surface area contributed by atoms with E-state index in [4.69, 9.17) is 10.2 Å². The predicted molar refractivity (Wildman–Crippen MR) is 60.5 cm³/mol. The quantitative estimate of drug-likeness (QED) is 0.805. The van der Waals surface area contributed by atoms with Crippen LogP contribution in [0.25, 0.3) is 0 Å². The summed E-state index contributed by atoms with van der Waals surface area (Å²) in [5.41, 5.74) is 1.35. The van der Waals surface area contributed by atoms with Gasteiger partial charge in [0.15, 0.2) is 0 Å². The minimum Gasteiger partial charge on any atom is -0.481 e. The van der Waals surface area contributed by atoms with Crippen LogP contribution in [-0.4, -0.2) is 28.6 Å². The van der Waals surface area contributed by atoms with Gasteiger partial charge in [0, 0.05) is 18.7 Å². The molecule has 1 saturated heterocycles. The highest BCUT2D eigenvalue weighted by atomic mass is 16.4. The van der Waals surface area contributed by atoms with Gasteiger partial charge in [-0.3, -0.25) is 9.59 Å². The monoisotopic (exact) mass is 235 g/mol. The van der Waals surface area contributed by atoms with Gasteiger partial charge in [-0.05, 0) is 17.7 Å². The highest BCUT2D eigenvalue weighted by Gasteiger charge is 2.34. The van der Waals surface area contributed by atoms with Crippen LogP contribution in [0.5, 0.6) is 0 Å². The fourth-order valence-electron chi connectivity index (χ4n) is 1.95. The highest BCUT2D eigenvalue weighted by Crippen LogP contribution is 2.25. The summed E-state index contributed by atoms with van der Waals surface area (Å²) in [5.74, 6) is -1.77. The van der Waals surface area contributed by atoms with Crippen LogP contribution in [0.2, 0.25) is 0 Å². The summed E-state index contributed by atoms with van der Waals surface area (Å²) in [4.78, 5) is 24.0. The molecule has 0 saturated carbocycles. The van der Waals surface area contributed by atoms with Crippen molar-refractivity contribution >= 4 is 17.6 Å². The Morgan fingerprint density at radius 2 is 2.24 bits per heavy atom. The first-order valence-electron chi connectivity index (χ1n) is 5.35. The fraction of sp³-hybridized carbons (Fsp3) is 0.333. The number of carboxylic acids is 1. The molecule has 17 heavy (non-hydrogen) atoms. The second kappa shape index (κ2) is 4.55. The normalized spacial score (nSPS) is 19.7. The number of aliphatic hydroxyl groups is 1. The van der Waals surface area contributed by atoms with Gasteiger partial charge >= 0.3 is 5.97 Å². The topological polar surface area (TPSA) is 77.8 Å². The first-order chi connectivity index (χ1) is 8.11. The number of benzene rings is 1. The van der Waals surface area contributed by atoms with Crippen molar-refractivity contribution < 1.29 is 19.8 Å². The van der Waals surface area contributed by atoms with Crippen LogP contribution < -0.4 is 4.90 Å². The van der Waals surface area contributed by atoms with E-state index in [9.17, 15) is 9.59 Å². The molecule has 1 fully saturated rings. The SMILES string of the molecule is O=C(O)[C@H]1CC(=O)N(c2cccc(CO)c2)C1. The van der Waals surface area contributed by atoms with Crippen LogP contribution in [0.4, 0.5) is 5.69 Å². The molecule has 0 aliphatic carbocycles. The van der Waals surface area contributed by atoms with Gasteiger partial charge in [-0.15, -0.1) is 0 Å². The van der Waals surface area contributed by atoms with E-state index in [1.807, 2.05) is 0 Å². The number of carboxylic acid groups (broad SMARTS) is 1. The number of hydrogen-bond acceptors (Lipinski definition) is 3. The molecule has 90 valence electrons. The van der Waals surface area contributed by atoms with E-state index in [0.29, 0.717) is 11.3 Å². The third kappa shape index (κ3) is 2.29. The van der Waals surface area contributed by atoms with Crippen LogP contribution in [0, 0.1) is 5.92 Å². The molecule has 5 nitrogen and oxygen atoms in total. The van der Waals surface area contributed by atoms with Crippen molar-refractivity contribution in [1.29, 1.82) is 0 Å². The zero-order chi connectivity index (χ0) is 12.4. The Balaban J connectivity index is 2.22. The van der Waals surface area contributed by atoms with Crippen molar-refractivity contribution in [2.24, 2.45) is 5.92 Å². The molecule has 2 N–H and O–H groups in total. The average molecular weight is 235 g/mol. The van der Waals surface area contributed by atoms with Gasteiger partial charge < -0.3 is 15.1 Å². The van der Waals surface area contributed by atoms with Crippen molar-refractivity contribution in [3.63, 3.8) is 0 Å². The minimum atomic E-state index is -0.945. The lowest BCUT2D eigenvalue weighted by molar-refractivity contribution is -0.141. The number of amides is 1. The van der Waals surface area contributed by atoms with Crippen LogP contribution in [-0.2, 0) is 16.2 Å². The van der Waals surface area contributed by atoms with Gasteiger partial charge in [0.1, 0.15) is 0 Å². The Labute approximate surface area is 98.3 Å². The molecule has 0 bridgehead atoms. The first-order valence-corrected chi connectivity index (χ1v) is 5.35. The number of carbonyl (C=O) groups is 2. The predicted octanol–water partition coefficient (Wildman–Crippen LogP) is 0.616. The van der Waals surface area contributed by atoms with E-state index in [2.05, 4.69) is 0 Å². The molecular weight excluding hydrogens is 222 g/mol. The molecule has 1 aromatic rings. The molecule has 5 heteroatoms. The lowest BCUT2D eigenvalue weighted by atomic mass is 10.1. The molecule has 1 heterocycles. The summed E-state index contributed by atoms with van der Waals surface area (Å²) in [6.07, 6.45) is 0.0404. The molecule has 0 radical (unpaired) electrons. The Kier molecular flexibility index (Phi) is 3.10. The Morgan fingerprint density at radius 1 is 1.47 bits per heavy atom. The van der Waals surface area contributed by atoms with Crippen molar-refractivity contribution in [3.05, 3.63) is 29.8 Å². The summed E-state index contributed by atoms with van der Waals surface area (Å²) in [6, 6.07) is 6.92. The van der Waals surface area contributed by atoms with Crippen molar-refractivity contribution in [2.45, 2.75) is 13.0 Å². The van der Waals surface area contributed by atoms with E-state index in [1.165, 1.54) is 4.90 Å². The third-order valence-corrected chi connectivity index (χ3v) is 2.88. The lowest BCUT2D eigenvalue weighted by Crippen LogP contribution is -2.25. The Bertz CT molecular complexity index is 458. The second-order valence-corrected chi connectivity index (χ2v) is 4.07. The van der Waals surface area contributed by atoms with Crippen molar-refractivity contribution in [3.8, 4) is 0 Å². The molecule has 2 rings (SSSR count). The first kappa shape index (κ1) is 11.6. The van der Waals surface area contributed by atoms with Gasteiger partial charge in [0.2, 0.25) is 5.91 Å². The summed E-state index contributed by atoms with van der Waals surface area (Å²) in [5, 5.41) is 17.9. The number of rotatable bonds is 3. The van der Waals surface area contributed by atoms with Gasteiger partial charge in [0.05, 0.1) is 12.5 Å². The molecule has 1 aromatic carbocycles. The minimum absolute atomic E-state index is 0.0404. The maximum absolute atomic E-state index is 11.7. The maximum atomic E-state index is 11.7. The average Bonchev–Trinajstić information content (AvgIpc) is 2.72. The summed E-state index contributed by atoms with van der Waals surface area (Å²) in [6.45, 7) is 0.0985. The number of aliphatic carboxylic acids is 1. The molecule has 0 spiro atoms. The highest BCUT2D eigenvalue weighted by molar-refractivity contribution is 5.99. The van der Waals surface area contributed by atoms with E-state index in [-0.39, 0.29) is 25.5 Å². The van der Waals surface area contributed by atoms with E-state index >= 15 is 0 Å². The number of aliphatic hydroxyl groups excluding tert-OH is 1. The standard InChI is InChI=1S/C12H13NO4/c14-7-8-2-1-3-10(4-8)13-6-9(12(16)17)5-11(13)15/h1-4,9,14H,5-7H2,(H,16,17)/t9-/m0/s1. The number of anilines is 1. The maximum Gasteiger partial charge on any atom is 0.308 e. The number of hydrogen-bond donors (Lipinski definition) is 2. The summed E-state index contributed by atoms with van der Waals surface area (Å²) >= 11 is 0. The Hall–Kier alpha value is -1.88. The lowest BCUT2D eigenvalue weighted by Gasteiger charge is -2.16. The molecule has 1 aliphatic rings. The van der Waals surface area contributed by atoms with Gasteiger partial charge in [-0.25, -0.2) is 0 Å². The van der Waals surface area contributed by atoms with E-state index in [0.717, 1.165) is 0 Å². The molecule has 1 atom stereocenters. The second-order valence-electron chi connectivity index (χ2n) is 4.07. The molecule has 0 unspecified atom stereocenters. The molecular formula is C12H13NO4. The van der Waals surface area contributed by atoms with Gasteiger partial charge in [-0.2, -0.15) is 0 Å². The van der Waals surface area contributed by atoms with Crippen molar-refractivity contribution in [1.82, 2.24) is 0 Å². The zero-order valence-corrected chi connectivity index (χ0v) is 9.17. The molecule has 1 amide bonds.